The van der Waals surface area contributed by atoms with E-state index < -0.39 is 34.5 Å². The third-order valence-electron chi connectivity index (χ3n) is 4.27. The summed E-state index contributed by atoms with van der Waals surface area (Å²) < 4.78 is 92.1. The molecule has 0 radical (unpaired) electrons. The second-order valence-corrected chi connectivity index (χ2v) is 6.53. The van der Waals surface area contributed by atoms with Crippen LogP contribution in [0, 0.1) is 24.0 Å². The number of hydrogen-bond donors (Lipinski definition) is 2. The Morgan fingerprint density at radius 3 is 1.87 bits per heavy atom. The van der Waals surface area contributed by atoms with Crippen LogP contribution in [0.4, 0.5) is 52.6 Å². The van der Waals surface area contributed by atoms with Gasteiger partial charge in [0.2, 0.25) is 0 Å². The molecule has 31 heavy (non-hydrogen) atoms. The quantitative estimate of drug-likeness (QED) is 0.331. The van der Waals surface area contributed by atoms with E-state index in [1.54, 1.807) is 0 Å². The zero-order chi connectivity index (χ0) is 23.8. The van der Waals surface area contributed by atoms with E-state index in [1.807, 2.05) is 0 Å². The van der Waals surface area contributed by atoms with Gasteiger partial charge in [-0.25, -0.2) is 9.18 Å². The maximum Gasteiger partial charge on any atom is 0.435 e. The fourth-order valence-electron chi connectivity index (χ4n) is 2.82. The van der Waals surface area contributed by atoms with Crippen molar-refractivity contribution < 1.29 is 40.5 Å². The minimum Gasteiger partial charge on any atom is -0.307 e. The van der Waals surface area contributed by atoms with Gasteiger partial charge in [0.05, 0.1) is 4.92 Å². The minimum atomic E-state index is -6.27. The highest BCUT2D eigenvalue weighted by Crippen LogP contribution is 2.53. The molecule has 0 unspecified atom stereocenters. The molecule has 0 atom stereocenters. The van der Waals surface area contributed by atoms with Gasteiger partial charge >= 0.3 is 24.1 Å². The molecule has 0 heterocycles. The number of benzene rings is 2. The number of non-ortho nitro benzene ring substituents is 1. The molecule has 0 aliphatic carbocycles. The maximum atomic E-state index is 14.3. The van der Waals surface area contributed by atoms with Crippen LogP contribution in [-0.4, -0.2) is 23.3 Å². The van der Waals surface area contributed by atoms with Crippen molar-refractivity contribution in [2.75, 3.05) is 10.6 Å². The Labute approximate surface area is 170 Å². The van der Waals surface area contributed by atoms with Crippen LogP contribution in [0.15, 0.2) is 36.4 Å². The Balaban J connectivity index is 2.35. The number of nitrogens with one attached hydrogen (secondary N) is 2. The van der Waals surface area contributed by atoms with Crippen LogP contribution >= 0.6 is 0 Å². The molecule has 0 saturated heterocycles. The summed E-state index contributed by atoms with van der Waals surface area (Å²) in [7, 11) is 0. The van der Waals surface area contributed by atoms with E-state index >= 15 is 0 Å². The molecule has 0 saturated carbocycles. The van der Waals surface area contributed by atoms with E-state index in [1.165, 1.54) is 18.2 Å². The molecule has 0 aliphatic heterocycles. The number of hydrogen-bond acceptors (Lipinski definition) is 3. The molecule has 2 aromatic carbocycles. The molecule has 0 aromatic heterocycles. The van der Waals surface area contributed by atoms with Gasteiger partial charge in [-0.2, -0.15) is 26.3 Å². The number of alkyl halides is 7. The number of carbonyl (C=O) groups is 1. The van der Waals surface area contributed by atoms with Crippen molar-refractivity contribution in [1.82, 2.24) is 0 Å². The van der Waals surface area contributed by atoms with Gasteiger partial charge in [-0.15, -0.1) is 0 Å². The normalized spacial score (nSPS) is 12.4. The fourth-order valence-corrected chi connectivity index (χ4v) is 2.82. The monoisotopic (exact) mass is 453 g/mol. The highest BCUT2D eigenvalue weighted by molar-refractivity contribution is 6.00. The van der Waals surface area contributed by atoms with Crippen LogP contribution in [0.2, 0.25) is 0 Å². The Morgan fingerprint density at radius 2 is 1.42 bits per heavy atom. The Hall–Kier alpha value is -3.38. The summed E-state index contributed by atoms with van der Waals surface area (Å²) in [6, 6.07) is 4.52. The van der Waals surface area contributed by atoms with Gasteiger partial charge in [-0.1, -0.05) is 18.2 Å². The average molecular weight is 453 g/mol. The van der Waals surface area contributed by atoms with Crippen LogP contribution in [0.1, 0.15) is 16.7 Å². The number of amides is 2. The zero-order valence-corrected chi connectivity index (χ0v) is 15.8. The van der Waals surface area contributed by atoms with Crippen molar-refractivity contribution in [1.29, 1.82) is 0 Å². The predicted octanol–water partition coefficient (Wildman–Crippen LogP) is 6.15. The van der Waals surface area contributed by atoms with Crippen LogP contribution < -0.4 is 10.6 Å². The van der Waals surface area contributed by atoms with Crippen LogP contribution in [0.25, 0.3) is 0 Å². The summed E-state index contributed by atoms with van der Waals surface area (Å²) in [5, 5.41) is 15.2. The Bertz CT molecular complexity index is 982. The number of aryl methyl sites for hydroxylation is 2. The molecule has 0 fully saturated rings. The third-order valence-corrected chi connectivity index (χ3v) is 4.27. The molecule has 0 aliphatic rings. The molecule has 6 nitrogen and oxygen atoms in total. The van der Waals surface area contributed by atoms with Crippen molar-refractivity contribution in [2.24, 2.45) is 0 Å². The number of urea groups is 1. The van der Waals surface area contributed by atoms with Gasteiger partial charge < -0.3 is 10.6 Å². The first-order valence-electron chi connectivity index (χ1n) is 8.34. The molecule has 2 aromatic rings. The summed E-state index contributed by atoms with van der Waals surface area (Å²) >= 11 is 0. The van der Waals surface area contributed by atoms with E-state index in [0.717, 1.165) is 19.9 Å². The number of nitrogens with zero attached hydrogens (tertiary/aromatic N) is 1. The van der Waals surface area contributed by atoms with Gasteiger partial charge in [0.15, 0.2) is 0 Å². The average Bonchev–Trinajstić information content (AvgIpc) is 2.62. The molecule has 0 spiro atoms. The molecule has 13 heteroatoms. The summed E-state index contributed by atoms with van der Waals surface area (Å²) in [5.41, 5.74) is -8.27. The van der Waals surface area contributed by atoms with Gasteiger partial charge in [-0.3, -0.25) is 10.1 Å². The van der Waals surface area contributed by atoms with E-state index in [9.17, 15) is 45.6 Å². The number of carbonyl (C=O) groups excluding carboxylic acids is 1. The summed E-state index contributed by atoms with van der Waals surface area (Å²) in [5.74, 6) is 0. The summed E-state index contributed by atoms with van der Waals surface area (Å²) in [6.07, 6.45) is -12.5. The van der Waals surface area contributed by atoms with Gasteiger partial charge in [0.25, 0.3) is 5.69 Å². The Morgan fingerprint density at radius 1 is 0.903 bits per heavy atom. The van der Waals surface area contributed by atoms with Crippen LogP contribution in [0.5, 0.6) is 0 Å². The zero-order valence-electron chi connectivity index (χ0n) is 15.8. The Kier molecular flexibility index (Phi) is 6.20. The SMILES string of the molecule is Cc1cc(C(F)(C(F)(F)F)C(F)(F)F)cc(C)c1NC(=O)Nc1cccc([N+](=O)[O-])c1. The van der Waals surface area contributed by atoms with Gasteiger partial charge in [0.1, 0.15) is 0 Å². The highest BCUT2D eigenvalue weighted by Gasteiger charge is 2.73. The second kappa shape index (κ2) is 8.04. The minimum absolute atomic E-state index is 0.00976. The second-order valence-electron chi connectivity index (χ2n) is 6.53. The lowest BCUT2D eigenvalue weighted by Gasteiger charge is -2.31. The van der Waals surface area contributed by atoms with Crippen LogP contribution in [0.3, 0.4) is 0 Å². The summed E-state index contributed by atoms with van der Waals surface area (Å²) in [4.78, 5) is 22.2. The number of nitro groups is 1. The van der Waals surface area contributed by atoms with Crippen LogP contribution in [-0.2, 0) is 5.67 Å². The first-order valence-corrected chi connectivity index (χ1v) is 8.34. The number of anilines is 2. The molecule has 2 N–H and O–H groups in total. The first kappa shape index (κ1) is 23.9. The van der Waals surface area contributed by atoms with E-state index in [4.69, 9.17) is 0 Å². The van der Waals surface area contributed by atoms with Crippen molar-refractivity contribution >= 4 is 23.1 Å². The van der Waals surface area contributed by atoms with E-state index in [-0.39, 0.29) is 28.2 Å². The molecule has 168 valence electrons. The van der Waals surface area contributed by atoms with Crippen molar-refractivity contribution in [3.05, 3.63) is 63.2 Å². The molecule has 2 rings (SSSR count). The predicted molar refractivity (Wildman–Crippen MR) is 96.5 cm³/mol. The topological polar surface area (TPSA) is 84.3 Å². The lowest BCUT2D eigenvalue weighted by Crippen LogP contribution is -2.50. The molecular formula is C18H14F7N3O3. The number of rotatable bonds is 4. The smallest absolute Gasteiger partial charge is 0.307 e. The molecular weight excluding hydrogens is 439 g/mol. The van der Waals surface area contributed by atoms with Crippen molar-refractivity contribution in [2.45, 2.75) is 31.9 Å². The van der Waals surface area contributed by atoms with Gasteiger partial charge in [0, 0.05) is 29.1 Å². The maximum absolute atomic E-state index is 14.3. The fraction of sp³-hybridized carbons (Fsp3) is 0.278. The molecule has 0 bridgehead atoms. The van der Waals surface area contributed by atoms with E-state index in [2.05, 4.69) is 10.6 Å². The highest BCUT2D eigenvalue weighted by atomic mass is 19.4. The molecule has 2 amide bonds. The lowest BCUT2D eigenvalue weighted by atomic mass is 9.90. The van der Waals surface area contributed by atoms with Crippen molar-refractivity contribution in [3.63, 3.8) is 0 Å². The van der Waals surface area contributed by atoms with Crippen molar-refractivity contribution in [3.8, 4) is 0 Å². The standard InChI is InChI=1S/C18H14F7N3O3/c1-9-6-11(16(19,17(20,21)22)18(23,24)25)7-10(2)14(9)27-15(29)26-12-4-3-5-13(8-12)28(30)31/h3-8H,1-2H3,(H2,26,27,29). The van der Waals surface area contributed by atoms with E-state index in [0.29, 0.717) is 12.1 Å². The first-order chi connectivity index (χ1) is 14.1. The number of halogens is 7. The largest absolute Gasteiger partial charge is 0.435 e. The third kappa shape index (κ3) is 4.70. The van der Waals surface area contributed by atoms with Gasteiger partial charge in [-0.05, 0) is 31.0 Å². The number of nitro benzene ring substituents is 1. The lowest BCUT2D eigenvalue weighted by molar-refractivity contribution is -0.384. The summed E-state index contributed by atoms with van der Waals surface area (Å²) in [6.45, 7) is 2.18.